The molecule has 4 heterocycles. The highest BCUT2D eigenvalue weighted by Gasteiger charge is 2.14. The summed E-state index contributed by atoms with van der Waals surface area (Å²) >= 11 is 6.16. The fraction of sp³-hybridized carbons (Fsp3) is 0.143. The Morgan fingerprint density at radius 2 is 2.00 bits per heavy atom. The number of halogens is 1. The molecule has 0 amide bonds. The average Bonchev–Trinajstić information content (AvgIpc) is 3.29. The molecule has 8 heteroatoms. The Kier molecular flexibility index (Phi) is 4.17. The van der Waals surface area contributed by atoms with E-state index in [9.17, 15) is 0 Å². The number of aromatic nitrogens is 6. The Hall–Kier alpha value is -3.45. The maximum Gasteiger partial charge on any atom is 0.241 e. The van der Waals surface area contributed by atoms with Gasteiger partial charge in [0.1, 0.15) is 17.7 Å². The van der Waals surface area contributed by atoms with E-state index in [2.05, 4.69) is 36.6 Å². The van der Waals surface area contributed by atoms with E-state index in [-0.39, 0.29) is 0 Å². The summed E-state index contributed by atoms with van der Waals surface area (Å²) < 4.78 is 9.55. The molecule has 5 rings (SSSR count). The van der Waals surface area contributed by atoms with E-state index in [4.69, 9.17) is 16.3 Å². The number of aryl methyl sites for hydroxylation is 1. The zero-order valence-electron chi connectivity index (χ0n) is 15.9. The van der Waals surface area contributed by atoms with Crippen LogP contribution in [0.15, 0.2) is 55.1 Å². The van der Waals surface area contributed by atoms with Crippen molar-refractivity contribution in [1.29, 1.82) is 0 Å². The highest BCUT2D eigenvalue weighted by atomic mass is 35.5. The molecular formula is C21H17ClN6O. The summed E-state index contributed by atoms with van der Waals surface area (Å²) in [5.74, 6) is 1.41. The number of imidazole rings is 1. The second-order valence-electron chi connectivity index (χ2n) is 6.71. The van der Waals surface area contributed by atoms with E-state index in [1.807, 2.05) is 42.0 Å². The molecule has 0 spiro atoms. The lowest BCUT2D eigenvalue weighted by Crippen LogP contribution is -2.03. The standard InChI is InChI=1S/C21H17ClN6O/c1-13-26-20-18(28(13)11-14-4-3-5-15(22)8-14)9-16(10-23-20)27-7-6-17-19(27)21(29-2)25-12-24-17/h3-10,12H,11H2,1-2H3. The summed E-state index contributed by atoms with van der Waals surface area (Å²) in [5.41, 5.74) is 5.24. The molecule has 0 atom stereocenters. The van der Waals surface area contributed by atoms with Crippen molar-refractivity contribution in [2.24, 2.45) is 0 Å². The molecule has 0 aliphatic heterocycles. The molecular weight excluding hydrogens is 388 g/mol. The first-order chi connectivity index (χ1) is 14.1. The van der Waals surface area contributed by atoms with Gasteiger partial charge in [0.2, 0.25) is 5.88 Å². The Balaban J connectivity index is 1.66. The predicted molar refractivity (Wildman–Crippen MR) is 112 cm³/mol. The first-order valence-corrected chi connectivity index (χ1v) is 9.45. The lowest BCUT2D eigenvalue weighted by Gasteiger charge is -2.10. The summed E-state index contributed by atoms with van der Waals surface area (Å²) in [4.78, 5) is 17.7. The van der Waals surface area contributed by atoms with Crippen LogP contribution in [0.5, 0.6) is 5.88 Å². The highest BCUT2D eigenvalue weighted by molar-refractivity contribution is 6.30. The SMILES string of the molecule is COc1ncnc2ccn(-c3cnc4nc(C)n(Cc5cccc(Cl)c5)c4c3)c12. The molecule has 4 aromatic heterocycles. The lowest BCUT2D eigenvalue weighted by atomic mass is 10.2. The van der Waals surface area contributed by atoms with Gasteiger partial charge in [-0.05, 0) is 36.8 Å². The van der Waals surface area contributed by atoms with Crippen LogP contribution >= 0.6 is 11.6 Å². The van der Waals surface area contributed by atoms with Crippen molar-refractivity contribution in [3.63, 3.8) is 0 Å². The molecule has 0 saturated carbocycles. The number of hydrogen-bond acceptors (Lipinski definition) is 5. The van der Waals surface area contributed by atoms with Crippen molar-refractivity contribution in [1.82, 2.24) is 29.1 Å². The first-order valence-electron chi connectivity index (χ1n) is 9.08. The summed E-state index contributed by atoms with van der Waals surface area (Å²) in [6, 6.07) is 11.8. The largest absolute Gasteiger partial charge is 0.479 e. The van der Waals surface area contributed by atoms with Crippen LogP contribution in [0.3, 0.4) is 0 Å². The zero-order chi connectivity index (χ0) is 20.0. The molecule has 7 nitrogen and oxygen atoms in total. The van der Waals surface area contributed by atoms with Crippen LogP contribution < -0.4 is 4.74 Å². The van der Waals surface area contributed by atoms with Crippen molar-refractivity contribution in [3.8, 4) is 11.6 Å². The molecule has 0 aliphatic carbocycles. The Labute approximate surface area is 171 Å². The number of fused-ring (bicyclic) bond motifs is 2. The van der Waals surface area contributed by atoms with Gasteiger partial charge >= 0.3 is 0 Å². The Bertz CT molecular complexity index is 1360. The van der Waals surface area contributed by atoms with Crippen LogP contribution in [0.1, 0.15) is 11.4 Å². The average molecular weight is 405 g/mol. The minimum Gasteiger partial charge on any atom is -0.479 e. The molecule has 0 N–H and O–H groups in total. The van der Waals surface area contributed by atoms with Gasteiger partial charge in [0, 0.05) is 17.8 Å². The molecule has 144 valence electrons. The minimum absolute atomic E-state index is 0.517. The smallest absolute Gasteiger partial charge is 0.241 e. The summed E-state index contributed by atoms with van der Waals surface area (Å²) in [6.45, 7) is 2.64. The monoisotopic (exact) mass is 404 g/mol. The molecule has 0 radical (unpaired) electrons. The van der Waals surface area contributed by atoms with Crippen LogP contribution in [0.25, 0.3) is 27.9 Å². The Morgan fingerprint density at radius 1 is 1.10 bits per heavy atom. The number of hydrogen-bond donors (Lipinski definition) is 0. The first kappa shape index (κ1) is 17.6. The van der Waals surface area contributed by atoms with Crippen LogP contribution in [0.2, 0.25) is 5.02 Å². The zero-order valence-corrected chi connectivity index (χ0v) is 16.6. The van der Waals surface area contributed by atoms with Crippen molar-refractivity contribution in [2.45, 2.75) is 13.5 Å². The van der Waals surface area contributed by atoms with Gasteiger partial charge in [0.05, 0.1) is 30.0 Å². The van der Waals surface area contributed by atoms with E-state index >= 15 is 0 Å². The van der Waals surface area contributed by atoms with Gasteiger partial charge in [-0.1, -0.05) is 23.7 Å². The van der Waals surface area contributed by atoms with E-state index in [0.29, 0.717) is 23.1 Å². The van der Waals surface area contributed by atoms with Gasteiger partial charge in [-0.3, -0.25) is 0 Å². The van der Waals surface area contributed by atoms with Gasteiger partial charge in [0.15, 0.2) is 5.65 Å². The maximum atomic E-state index is 6.16. The molecule has 1 aromatic carbocycles. The number of benzene rings is 1. The van der Waals surface area contributed by atoms with E-state index in [1.54, 1.807) is 13.3 Å². The molecule has 0 fully saturated rings. The van der Waals surface area contributed by atoms with Crippen LogP contribution in [0, 0.1) is 6.92 Å². The molecule has 0 aliphatic rings. The quantitative estimate of drug-likeness (QED) is 0.449. The van der Waals surface area contributed by atoms with E-state index < -0.39 is 0 Å². The molecule has 0 unspecified atom stereocenters. The van der Waals surface area contributed by atoms with Crippen LogP contribution in [-0.4, -0.2) is 36.2 Å². The lowest BCUT2D eigenvalue weighted by molar-refractivity contribution is 0.401. The second kappa shape index (κ2) is 6.86. The van der Waals surface area contributed by atoms with E-state index in [0.717, 1.165) is 33.6 Å². The minimum atomic E-state index is 0.517. The van der Waals surface area contributed by atoms with E-state index in [1.165, 1.54) is 6.33 Å². The summed E-state index contributed by atoms with van der Waals surface area (Å²) in [6.07, 6.45) is 5.23. The van der Waals surface area contributed by atoms with Crippen LogP contribution in [-0.2, 0) is 6.54 Å². The number of nitrogens with zero attached hydrogens (tertiary/aromatic N) is 6. The third-order valence-electron chi connectivity index (χ3n) is 4.92. The van der Waals surface area contributed by atoms with Crippen molar-refractivity contribution in [2.75, 3.05) is 7.11 Å². The second-order valence-corrected chi connectivity index (χ2v) is 7.15. The van der Waals surface area contributed by atoms with Gasteiger partial charge in [-0.25, -0.2) is 15.0 Å². The summed E-state index contributed by atoms with van der Waals surface area (Å²) in [7, 11) is 1.60. The van der Waals surface area contributed by atoms with Crippen LogP contribution in [0.4, 0.5) is 0 Å². The number of rotatable bonds is 4. The fourth-order valence-electron chi connectivity index (χ4n) is 3.57. The Morgan fingerprint density at radius 3 is 2.83 bits per heavy atom. The highest BCUT2D eigenvalue weighted by Crippen LogP contribution is 2.27. The fourth-order valence-corrected chi connectivity index (χ4v) is 3.78. The molecule has 0 saturated heterocycles. The van der Waals surface area contributed by atoms with Gasteiger partial charge < -0.3 is 13.9 Å². The van der Waals surface area contributed by atoms with Gasteiger partial charge in [0.25, 0.3) is 0 Å². The number of pyridine rings is 1. The predicted octanol–water partition coefficient (Wildman–Crippen LogP) is 4.18. The van der Waals surface area contributed by atoms with Crippen molar-refractivity contribution in [3.05, 3.63) is 71.5 Å². The topological polar surface area (TPSA) is 70.7 Å². The van der Waals surface area contributed by atoms with Crippen molar-refractivity contribution < 1.29 is 4.74 Å². The molecule has 0 bridgehead atoms. The van der Waals surface area contributed by atoms with Gasteiger partial charge in [-0.15, -0.1) is 0 Å². The van der Waals surface area contributed by atoms with Gasteiger partial charge in [-0.2, -0.15) is 4.98 Å². The summed E-state index contributed by atoms with van der Waals surface area (Å²) in [5, 5.41) is 0.717. The third kappa shape index (κ3) is 3.00. The molecule has 29 heavy (non-hydrogen) atoms. The number of ether oxygens (including phenoxy) is 1. The normalized spacial score (nSPS) is 11.4. The molecule has 5 aromatic rings. The third-order valence-corrected chi connectivity index (χ3v) is 5.16. The maximum absolute atomic E-state index is 6.16. The number of methoxy groups -OCH3 is 1. The van der Waals surface area contributed by atoms with Crippen molar-refractivity contribution >= 4 is 33.8 Å².